The molecule has 1 aromatic carbocycles. The maximum Gasteiger partial charge on any atom is 0.251 e. The fourth-order valence-corrected chi connectivity index (χ4v) is 2.57. The van der Waals surface area contributed by atoms with Crippen molar-refractivity contribution in [2.24, 2.45) is 0 Å². The fourth-order valence-electron chi connectivity index (χ4n) is 2.57. The van der Waals surface area contributed by atoms with E-state index in [4.69, 9.17) is 0 Å². The average Bonchev–Trinajstić information content (AvgIpc) is 2.43. The van der Waals surface area contributed by atoms with Crippen LogP contribution in [0.2, 0.25) is 0 Å². The number of hydrogen-bond acceptors (Lipinski definition) is 2. The van der Waals surface area contributed by atoms with Crippen LogP contribution in [0.15, 0.2) is 18.2 Å². The summed E-state index contributed by atoms with van der Waals surface area (Å²) in [6.45, 7) is 2.89. The van der Waals surface area contributed by atoms with Crippen molar-refractivity contribution in [1.29, 1.82) is 0 Å². The summed E-state index contributed by atoms with van der Waals surface area (Å²) in [5.74, 6) is -0.0127. The molecule has 19 heavy (non-hydrogen) atoms. The van der Waals surface area contributed by atoms with Gasteiger partial charge in [0.25, 0.3) is 5.91 Å². The molecule has 0 aliphatic carbocycles. The third-order valence-corrected chi connectivity index (χ3v) is 3.77. The smallest absolute Gasteiger partial charge is 0.251 e. The third-order valence-electron chi connectivity index (χ3n) is 3.77. The molecule has 0 spiro atoms. The number of benzene rings is 1. The lowest BCUT2D eigenvalue weighted by Gasteiger charge is -2.19. The van der Waals surface area contributed by atoms with E-state index in [1.54, 1.807) is 0 Å². The van der Waals surface area contributed by atoms with E-state index in [9.17, 15) is 9.90 Å². The van der Waals surface area contributed by atoms with Gasteiger partial charge in [-0.15, -0.1) is 0 Å². The van der Waals surface area contributed by atoms with Crippen molar-refractivity contribution in [2.75, 3.05) is 6.54 Å². The van der Waals surface area contributed by atoms with Gasteiger partial charge in [-0.2, -0.15) is 0 Å². The van der Waals surface area contributed by atoms with Crippen LogP contribution in [0.25, 0.3) is 0 Å². The molecule has 3 nitrogen and oxygen atoms in total. The maximum absolute atomic E-state index is 11.8. The first-order valence-electron chi connectivity index (χ1n) is 7.31. The quantitative estimate of drug-likeness (QED) is 0.773. The average molecular weight is 261 g/mol. The van der Waals surface area contributed by atoms with Gasteiger partial charge in [-0.25, -0.2) is 0 Å². The van der Waals surface area contributed by atoms with E-state index < -0.39 is 6.10 Å². The molecule has 104 valence electrons. The summed E-state index contributed by atoms with van der Waals surface area (Å²) in [6, 6.07) is 5.80. The fraction of sp³-hybridized carbons (Fsp3) is 0.562. The van der Waals surface area contributed by atoms with E-state index in [2.05, 4.69) is 12.2 Å². The molecule has 0 saturated heterocycles. The standard InChI is InChI=1S/C16H23NO2/c1-2-3-4-5-6-15(18)13-8-7-12-9-10-17-16(19)14(12)11-13/h7-8,11,15,18H,2-6,9-10H2,1H3,(H,17,19). The summed E-state index contributed by atoms with van der Waals surface area (Å²) < 4.78 is 0. The van der Waals surface area contributed by atoms with Crippen molar-refractivity contribution >= 4 is 5.91 Å². The summed E-state index contributed by atoms with van der Waals surface area (Å²) in [5.41, 5.74) is 2.69. The number of nitrogens with one attached hydrogen (secondary N) is 1. The molecule has 0 aromatic heterocycles. The van der Waals surface area contributed by atoms with Crippen LogP contribution in [0.5, 0.6) is 0 Å². The number of amides is 1. The first-order valence-corrected chi connectivity index (χ1v) is 7.31. The second kappa shape index (κ2) is 6.71. The lowest BCUT2D eigenvalue weighted by molar-refractivity contribution is 0.0945. The van der Waals surface area contributed by atoms with Gasteiger partial charge in [-0.05, 0) is 30.0 Å². The second-order valence-electron chi connectivity index (χ2n) is 5.29. The molecule has 2 rings (SSSR count). The van der Waals surface area contributed by atoms with Gasteiger partial charge in [0.05, 0.1) is 6.10 Å². The van der Waals surface area contributed by atoms with Crippen molar-refractivity contribution in [3.63, 3.8) is 0 Å². The van der Waals surface area contributed by atoms with Crippen LogP contribution in [0, 0.1) is 0 Å². The Hall–Kier alpha value is -1.35. The van der Waals surface area contributed by atoms with Crippen molar-refractivity contribution < 1.29 is 9.90 Å². The topological polar surface area (TPSA) is 49.3 Å². The highest BCUT2D eigenvalue weighted by molar-refractivity contribution is 5.96. The molecule has 0 radical (unpaired) electrons. The lowest BCUT2D eigenvalue weighted by Crippen LogP contribution is -2.31. The Balaban J connectivity index is 2.00. The summed E-state index contributed by atoms with van der Waals surface area (Å²) in [6.07, 6.45) is 5.84. The molecule has 3 heteroatoms. The minimum atomic E-state index is -0.447. The number of fused-ring (bicyclic) bond motifs is 1. The lowest BCUT2D eigenvalue weighted by atomic mass is 9.94. The Morgan fingerprint density at radius 1 is 1.32 bits per heavy atom. The Morgan fingerprint density at radius 3 is 2.95 bits per heavy atom. The van der Waals surface area contributed by atoms with E-state index in [1.165, 1.54) is 19.3 Å². The normalized spacial score (nSPS) is 15.8. The Bertz CT molecular complexity index is 442. The number of rotatable bonds is 6. The Labute approximate surface area is 115 Å². The van der Waals surface area contributed by atoms with Gasteiger partial charge in [0.15, 0.2) is 0 Å². The van der Waals surface area contributed by atoms with Crippen LogP contribution in [-0.2, 0) is 6.42 Å². The van der Waals surface area contributed by atoms with Crippen molar-refractivity contribution in [3.05, 3.63) is 34.9 Å². The van der Waals surface area contributed by atoms with Gasteiger partial charge in [0.1, 0.15) is 0 Å². The molecular formula is C16H23NO2. The Morgan fingerprint density at radius 2 is 2.16 bits per heavy atom. The highest BCUT2D eigenvalue weighted by Crippen LogP contribution is 2.24. The number of aliphatic hydroxyl groups excluding tert-OH is 1. The summed E-state index contributed by atoms with van der Waals surface area (Å²) in [5, 5.41) is 13.0. The molecule has 1 aliphatic heterocycles. The molecule has 0 saturated carbocycles. The Kier molecular flexibility index (Phi) is 4.97. The van der Waals surface area contributed by atoms with Crippen LogP contribution in [0.3, 0.4) is 0 Å². The zero-order chi connectivity index (χ0) is 13.7. The largest absolute Gasteiger partial charge is 0.388 e. The predicted molar refractivity (Wildman–Crippen MR) is 76.2 cm³/mol. The predicted octanol–water partition coefficient (Wildman–Crippen LogP) is 2.98. The van der Waals surface area contributed by atoms with Crippen LogP contribution >= 0.6 is 0 Å². The molecule has 1 unspecified atom stereocenters. The van der Waals surface area contributed by atoms with Crippen molar-refractivity contribution in [1.82, 2.24) is 5.32 Å². The SMILES string of the molecule is CCCCCCC(O)c1ccc2c(c1)C(=O)NCC2. The number of carbonyl (C=O) groups excluding carboxylic acids is 1. The third kappa shape index (κ3) is 3.57. The zero-order valence-electron chi connectivity index (χ0n) is 11.6. The summed E-state index contributed by atoms with van der Waals surface area (Å²) in [4.78, 5) is 11.8. The molecule has 2 N–H and O–H groups in total. The molecule has 1 heterocycles. The van der Waals surface area contributed by atoms with E-state index in [-0.39, 0.29) is 5.91 Å². The minimum absolute atomic E-state index is 0.0127. The molecule has 1 aliphatic rings. The van der Waals surface area contributed by atoms with Gasteiger partial charge in [-0.3, -0.25) is 4.79 Å². The van der Waals surface area contributed by atoms with E-state index in [0.29, 0.717) is 6.54 Å². The first-order chi connectivity index (χ1) is 9.22. The van der Waals surface area contributed by atoms with Crippen LogP contribution in [-0.4, -0.2) is 17.6 Å². The summed E-state index contributed by atoms with van der Waals surface area (Å²) in [7, 11) is 0. The second-order valence-corrected chi connectivity index (χ2v) is 5.29. The number of carbonyl (C=O) groups is 1. The highest BCUT2D eigenvalue weighted by atomic mass is 16.3. The van der Waals surface area contributed by atoms with Crippen LogP contribution in [0.4, 0.5) is 0 Å². The molecule has 1 amide bonds. The van der Waals surface area contributed by atoms with Gasteiger partial charge in [0.2, 0.25) is 0 Å². The van der Waals surface area contributed by atoms with Gasteiger partial charge in [0, 0.05) is 12.1 Å². The maximum atomic E-state index is 11.8. The van der Waals surface area contributed by atoms with Crippen LogP contribution < -0.4 is 5.32 Å². The summed E-state index contributed by atoms with van der Waals surface area (Å²) >= 11 is 0. The van der Waals surface area contributed by atoms with E-state index in [0.717, 1.165) is 36.0 Å². The molecule has 1 atom stereocenters. The molecule has 0 bridgehead atoms. The first kappa shape index (κ1) is 14.1. The number of aliphatic hydroxyl groups is 1. The van der Waals surface area contributed by atoms with Crippen LogP contribution in [0.1, 0.15) is 66.6 Å². The number of hydrogen-bond donors (Lipinski definition) is 2. The van der Waals surface area contributed by atoms with E-state index >= 15 is 0 Å². The van der Waals surface area contributed by atoms with Gasteiger partial charge < -0.3 is 10.4 Å². The zero-order valence-corrected chi connectivity index (χ0v) is 11.6. The number of unbranched alkanes of at least 4 members (excludes halogenated alkanes) is 3. The minimum Gasteiger partial charge on any atom is -0.388 e. The van der Waals surface area contributed by atoms with Gasteiger partial charge >= 0.3 is 0 Å². The van der Waals surface area contributed by atoms with Crippen molar-refractivity contribution in [2.45, 2.75) is 51.6 Å². The van der Waals surface area contributed by atoms with Gasteiger partial charge in [-0.1, -0.05) is 44.7 Å². The molecule has 0 fully saturated rings. The molecular weight excluding hydrogens is 238 g/mol. The van der Waals surface area contributed by atoms with E-state index in [1.807, 2.05) is 18.2 Å². The molecule has 1 aromatic rings. The van der Waals surface area contributed by atoms with Crippen molar-refractivity contribution in [3.8, 4) is 0 Å². The monoisotopic (exact) mass is 261 g/mol. The highest BCUT2D eigenvalue weighted by Gasteiger charge is 2.18.